The van der Waals surface area contributed by atoms with Crippen LogP contribution >= 0.6 is 11.3 Å². The molecule has 4 nitrogen and oxygen atoms in total. The molecule has 1 unspecified atom stereocenters. The van der Waals surface area contributed by atoms with E-state index in [2.05, 4.69) is 45.5 Å². The number of amides is 1. The van der Waals surface area contributed by atoms with Gasteiger partial charge in [0.25, 0.3) is 0 Å². The normalized spacial score (nSPS) is 17.4. The number of rotatable bonds is 6. The van der Waals surface area contributed by atoms with Crippen LogP contribution in [0.4, 0.5) is 0 Å². The van der Waals surface area contributed by atoms with E-state index < -0.39 is 0 Å². The number of carbonyl (C=O) groups is 1. The summed E-state index contributed by atoms with van der Waals surface area (Å²) in [6.45, 7) is 7.17. The summed E-state index contributed by atoms with van der Waals surface area (Å²) >= 11 is 1.63. The molecule has 2 heterocycles. The molecule has 134 valence electrons. The Morgan fingerprint density at radius 3 is 2.68 bits per heavy atom. The summed E-state index contributed by atoms with van der Waals surface area (Å²) in [5.41, 5.74) is 2.33. The average molecular weight is 358 g/mol. The minimum atomic E-state index is -0.00406. The van der Waals surface area contributed by atoms with Crippen molar-refractivity contribution in [2.75, 3.05) is 13.1 Å². The van der Waals surface area contributed by atoms with Crippen LogP contribution in [-0.4, -0.2) is 28.9 Å². The van der Waals surface area contributed by atoms with Gasteiger partial charge >= 0.3 is 0 Å². The van der Waals surface area contributed by atoms with E-state index in [1.54, 1.807) is 11.3 Å². The van der Waals surface area contributed by atoms with Crippen LogP contribution in [0.3, 0.4) is 0 Å². The molecule has 1 N–H and O–H groups in total. The number of piperidine rings is 1. The minimum Gasteiger partial charge on any atom is -0.348 e. The fourth-order valence-corrected chi connectivity index (χ4v) is 4.11. The molecule has 1 aromatic carbocycles. The van der Waals surface area contributed by atoms with Crippen LogP contribution in [0.2, 0.25) is 0 Å². The third kappa shape index (κ3) is 5.38. The van der Waals surface area contributed by atoms with Crippen molar-refractivity contribution >= 4 is 17.2 Å². The van der Waals surface area contributed by atoms with Gasteiger partial charge in [0.1, 0.15) is 0 Å². The molecule has 0 saturated carbocycles. The van der Waals surface area contributed by atoms with Gasteiger partial charge in [-0.25, -0.2) is 4.98 Å². The molecule has 0 spiro atoms. The summed E-state index contributed by atoms with van der Waals surface area (Å²) in [6.07, 6.45) is 2.83. The largest absolute Gasteiger partial charge is 0.348 e. The first-order valence-electron chi connectivity index (χ1n) is 9.08. The fourth-order valence-electron chi connectivity index (χ4n) is 3.41. The van der Waals surface area contributed by atoms with E-state index in [4.69, 9.17) is 0 Å². The molecule has 2 aromatic rings. The van der Waals surface area contributed by atoms with Crippen molar-refractivity contribution in [1.29, 1.82) is 0 Å². The second-order valence-corrected chi connectivity index (χ2v) is 8.05. The van der Waals surface area contributed by atoms with Crippen LogP contribution in [0.15, 0.2) is 35.7 Å². The molecule has 0 aliphatic carbocycles. The van der Waals surface area contributed by atoms with Crippen LogP contribution in [0.1, 0.15) is 48.5 Å². The van der Waals surface area contributed by atoms with Gasteiger partial charge in [0.2, 0.25) is 5.91 Å². The van der Waals surface area contributed by atoms with Crippen molar-refractivity contribution in [2.24, 2.45) is 5.92 Å². The molecule has 5 heteroatoms. The van der Waals surface area contributed by atoms with Gasteiger partial charge in [-0.1, -0.05) is 30.3 Å². The SMILES string of the molecule is Cc1nc(C(C)NC(=O)CC2CCN(Cc3ccccc3)CC2)cs1. The third-order valence-corrected chi connectivity index (χ3v) is 5.68. The lowest BCUT2D eigenvalue weighted by Gasteiger charge is -2.31. The van der Waals surface area contributed by atoms with E-state index in [0.29, 0.717) is 12.3 Å². The number of nitrogens with one attached hydrogen (secondary N) is 1. The first-order chi connectivity index (χ1) is 12.1. The average Bonchev–Trinajstić information content (AvgIpc) is 3.04. The number of hydrogen-bond donors (Lipinski definition) is 1. The molecule has 0 bridgehead atoms. The Bertz CT molecular complexity index is 677. The van der Waals surface area contributed by atoms with Gasteiger partial charge in [-0.05, 0) is 51.3 Å². The van der Waals surface area contributed by atoms with Crippen molar-refractivity contribution in [1.82, 2.24) is 15.2 Å². The van der Waals surface area contributed by atoms with Gasteiger partial charge in [-0.15, -0.1) is 11.3 Å². The van der Waals surface area contributed by atoms with Crippen LogP contribution < -0.4 is 5.32 Å². The Balaban J connectivity index is 1.40. The number of aryl methyl sites for hydroxylation is 1. The second kappa shape index (κ2) is 8.59. The predicted molar refractivity (Wildman–Crippen MR) is 102 cm³/mol. The van der Waals surface area contributed by atoms with Gasteiger partial charge in [-0.2, -0.15) is 0 Å². The molecular formula is C20H27N3OS. The Labute approximate surface area is 154 Å². The highest BCUT2D eigenvalue weighted by Gasteiger charge is 2.22. The maximum Gasteiger partial charge on any atom is 0.220 e. The van der Waals surface area contributed by atoms with Gasteiger partial charge < -0.3 is 5.32 Å². The fraction of sp³-hybridized carbons (Fsp3) is 0.500. The van der Waals surface area contributed by atoms with Gasteiger partial charge in [-0.3, -0.25) is 9.69 Å². The molecule has 1 aromatic heterocycles. The predicted octanol–water partition coefficient (Wildman–Crippen LogP) is 3.93. The van der Waals surface area contributed by atoms with E-state index >= 15 is 0 Å². The summed E-state index contributed by atoms with van der Waals surface area (Å²) in [7, 11) is 0. The minimum absolute atomic E-state index is 0.00406. The third-order valence-electron chi connectivity index (χ3n) is 4.89. The standard InChI is InChI=1S/C20H27N3OS/c1-15(19-14-25-16(2)22-19)21-20(24)12-17-8-10-23(11-9-17)13-18-6-4-3-5-7-18/h3-7,14-15,17H,8-13H2,1-2H3,(H,21,24). The quantitative estimate of drug-likeness (QED) is 0.852. The Kier molecular flexibility index (Phi) is 6.21. The first kappa shape index (κ1) is 18.1. The lowest BCUT2D eigenvalue weighted by Crippen LogP contribution is -2.36. The highest BCUT2D eigenvalue weighted by Crippen LogP contribution is 2.23. The zero-order valence-corrected chi connectivity index (χ0v) is 15.9. The summed E-state index contributed by atoms with van der Waals surface area (Å²) in [5, 5.41) is 6.17. The molecule has 3 rings (SSSR count). The van der Waals surface area contributed by atoms with Crippen molar-refractivity contribution < 1.29 is 4.79 Å². The van der Waals surface area contributed by atoms with Crippen LogP contribution in [-0.2, 0) is 11.3 Å². The molecule has 1 amide bonds. The molecule has 1 fully saturated rings. The zero-order chi connectivity index (χ0) is 17.6. The van der Waals surface area contributed by atoms with Gasteiger partial charge in [0.15, 0.2) is 0 Å². The summed E-state index contributed by atoms with van der Waals surface area (Å²) in [4.78, 5) is 19.3. The molecule has 1 atom stereocenters. The molecule has 1 saturated heterocycles. The lowest BCUT2D eigenvalue weighted by molar-refractivity contribution is -0.123. The highest BCUT2D eigenvalue weighted by atomic mass is 32.1. The van der Waals surface area contributed by atoms with E-state index in [1.165, 1.54) is 5.56 Å². The smallest absolute Gasteiger partial charge is 0.220 e. The topological polar surface area (TPSA) is 45.2 Å². The number of thiazole rings is 1. The van der Waals surface area contributed by atoms with Gasteiger partial charge in [0, 0.05) is 18.3 Å². The number of aromatic nitrogens is 1. The maximum atomic E-state index is 12.3. The van der Waals surface area contributed by atoms with E-state index in [0.717, 1.165) is 43.2 Å². The summed E-state index contributed by atoms with van der Waals surface area (Å²) in [6, 6.07) is 10.6. The Morgan fingerprint density at radius 2 is 2.04 bits per heavy atom. The second-order valence-electron chi connectivity index (χ2n) is 6.99. The van der Waals surface area contributed by atoms with Crippen LogP contribution in [0.5, 0.6) is 0 Å². The maximum absolute atomic E-state index is 12.3. The monoisotopic (exact) mass is 357 g/mol. The van der Waals surface area contributed by atoms with E-state index in [-0.39, 0.29) is 11.9 Å². The van der Waals surface area contributed by atoms with E-state index in [1.807, 2.05) is 19.2 Å². The summed E-state index contributed by atoms with van der Waals surface area (Å²) in [5.74, 6) is 0.649. The molecule has 0 radical (unpaired) electrons. The number of carbonyl (C=O) groups excluding carboxylic acids is 1. The molecular weight excluding hydrogens is 330 g/mol. The van der Waals surface area contributed by atoms with Gasteiger partial charge in [0.05, 0.1) is 16.7 Å². The molecule has 25 heavy (non-hydrogen) atoms. The number of nitrogens with zero attached hydrogens (tertiary/aromatic N) is 2. The van der Waals surface area contributed by atoms with Crippen molar-refractivity contribution in [3.05, 3.63) is 52.0 Å². The van der Waals surface area contributed by atoms with Crippen LogP contribution in [0.25, 0.3) is 0 Å². The number of likely N-dealkylation sites (tertiary alicyclic amines) is 1. The lowest BCUT2D eigenvalue weighted by atomic mass is 9.93. The first-order valence-corrected chi connectivity index (χ1v) is 9.96. The zero-order valence-electron chi connectivity index (χ0n) is 15.1. The Hall–Kier alpha value is -1.72. The highest BCUT2D eigenvalue weighted by molar-refractivity contribution is 7.09. The number of benzene rings is 1. The van der Waals surface area contributed by atoms with Crippen LogP contribution in [0, 0.1) is 12.8 Å². The molecule has 1 aliphatic rings. The molecule has 1 aliphatic heterocycles. The van der Waals surface area contributed by atoms with Crippen molar-refractivity contribution in [3.63, 3.8) is 0 Å². The van der Waals surface area contributed by atoms with Crippen molar-refractivity contribution in [2.45, 2.75) is 45.7 Å². The summed E-state index contributed by atoms with van der Waals surface area (Å²) < 4.78 is 0. The van der Waals surface area contributed by atoms with E-state index in [9.17, 15) is 4.79 Å². The number of hydrogen-bond acceptors (Lipinski definition) is 4. The Morgan fingerprint density at radius 1 is 1.32 bits per heavy atom. The van der Waals surface area contributed by atoms with Crippen molar-refractivity contribution in [3.8, 4) is 0 Å².